The van der Waals surface area contributed by atoms with Gasteiger partial charge in [-0.1, -0.05) is 36.4 Å². The van der Waals surface area contributed by atoms with Crippen LogP contribution in [0.5, 0.6) is 11.5 Å². The zero-order valence-electron chi connectivity index (χ0n) is 12.0. The van der Waals surface area contributed by atoms with Gasteiger partial charge in [-0.15, -0.1) is 0 Å². The van der Waals surface area contributed by atoms with E-state index in [2.05, 4.69) is 4.90 Å². The van der Waals surface area contributed by atoms with Gasteiger partial charge in [0.05, 0.1) is 6.10 Å². The van der Waals surface area contributed by atoms with Crippen LogP contribution in [0.2, 0.25) is 0 Å². The molecule has 0 aromatic heterocycles. The van der Waals surface area contributed by atoms with Crippen molar-refractivity contribution in [2.45, 2.75) is 12.6 Å². The summed E-state index contributed by atoms with van der Waals surface area (Å²) >= 11 is 0. The highest BCUT2D eigenvalue weighted by Crippen LogP contribution is 2.32. The van der Waals surface area contributed by atoms with Gasteiger partial charge in [0.15, 0.2) is 11.5 Å². The summed E-state index contributed by atoms with van der Waals surface area (Å²) in [6.45, 7) is 1.63. The molecule has 0 spiro atoms. The molecule has 0 amide bonds. The van der Waals surface area contributed by atoms with Gasteiger partial charge in [-0.25, -0.2) is 0 Å². The number of likely N-dealkylation sites (N-methyl/N-ethyl adjacent to an activating group) is 1. The third-order valence-corrected chi connectivity index (χ3v) is 3.56. The van der Waals surface area contributed by atoms with Gasteiger partial charge >= 0.3 is 0 Å². The molecule has 2 aromatic carbocycles. The molecule has 0 saturated carbocycles. The number of benzene rings is 2. The third kappa shape index (κ3) is 3.35. The second-order valence-corrected chi connectivity index (χ2v) is 5.31. The molecular weight excluding hydrogens is 266 g/mol. The number of aliphatic hydroxyl groups is 1. The van der Waals surface area contributed by atoms with Crippen molar-refractivity contribution in [2.24, 2.45) is 0 Å². The van der Waals surface area contributed by atoms with Gasteiger partial charge in [-0.3, -0.25) is 4.90 Å². The molecule has 1 unspecified atom stereocenters. The first-order valence-corrected chi connectivity index (χ1v) is 7.02. The van der Waals surface area contributed by atoms with Gasteiger partial charge in [0.2, 0.25) is 6.79 Å². The third-order valence-electron chi connectivity index (χ3n) is 3.56. The van der Waals surface area contributed by atoms with Gasteiger partial charge in [0.25, 0.3) is 0 Å². The highest BCUT2D eigenvalue weighted by Gasteiger charge is 2.15. The van der Waals surface area contributed by atoms with E-state index in [1.54, 1.807) is 0 Å². The lowest BCUT2D eigenvalue weighted by atomic mass is 10.1. The summed E-state index contributed by atoms with van der Waals surface area (Å²) < 4.78 is 10.7. The molecule has 3 rings (SSSR count). The van der Waals surface area contributed by atoms with Gasteiger partial charge in [0, 0.05) is 13.1 Å². The van der Waals surface area contributed by atoms with Crippen LogP contribution in [0.4, 0.5) is 0 Å². The molecule has 0 saturated heterocycles. The van der Waals surface area contributed by atoms with E-state index in [0.717, 1.165) is 29.2 Å². The molecule has 1 N–H and O–H groups in total. The lowest BCUT2D eigenvalue weighted by molar-refractivity contribution is 0.124. The second-order valence-electron chi connectivity index (χ2n) is 5.31. The van der Waals surface area contributed by atoms with Crippen LogP contribution in [0.3, 0.4) is 0 Å². The summed E-state index contributed by atoms with van der Waals surface area (Å²) in [5.74, 6) is 1.59. The Balaban J connectivity index is 1.60. The quantitative estimate of drug-likeness (QED) is 0.917. The molecule has 1 aliphatic rings. The zero-order valence-corrected chi connectivity index (χ0v) is 12.0. The van der Waals surface area contributed by atoms with E-state index in [-0.39, 0.29) is 0 Å². The summed E-state index contributed by atoms with van der Waals surface area (Å²) in [5.41, 5.74) is 2.08. The van der Waals surface area contributed by atoms with Crippen LogP contribution in [0, 0.1) is 0 Å². The van der Waals surface area contributed by atoms with Crippen molar-refractivity contribution in [3.05, 3.63) is 59.7 Å². The van der Waals surface area contributed by atoms with Crippen molar-refractivity contribution >= 4 is 0 Å². The fourth-order valence-corrected chi connectivity index (χ4v) is 2.49. The van der Waals surface area contributed by atoms with Crippen molar-refractivity contribution in [1.82, 2.24) is 4.90 Å². The SMILES string of the molecule is CN(Cc1ccc2c(c1)OCO2)CC(O)c1ccccc1. The molecule has 0 fully saturated rings. The minimum absolute atomic E-state index is 0.293. The molecule has 1 atom stereocenters. The van der Waals surface area contributed by atoms with Gasteiger partial charge in [-0.05, 0) is 30.3 Å². The van der Waals surface area contributed by atoms with E-state index in [1.165, 1.54) is 0 Å². The van der Waals surface area contributed by atoms with Crippen LogP contribution in [-0.4, -0.2) is 30.4 Å². The fraction of sp³-hybridized carbons (Fsp3) is 0.294. The average molecular weight is 285 g/mol. The van der Waals surface area contributed by atoms with Crippen LogP contribution in [0.15, 0.2) is 48.5 Å². The first-order valence-electron chi connectivity index (χ1n) is 7.02. The lowest BCUT2D eigenvalue weighted by Gasteiger charge is -2.21. The highest BCUT2D eigenvalue weighted by atomic mass is 16.7. The number of nitrogens with zero attached hydrogens (tertiary/aromatic N) is 1. The van der Waals surface area contributed by atoms with Crippen LogP contribution in [0.1, 0.15) is 17.2 Å². The summed E-state index contributed by atoms with van der Waals surface area (Å²) in [5, 5.41) is 10.2. The van der Waals surface area contributed by atoms with E-state index >= 15 is 0 Å². The molecule has 4 nitrogen and oxygen atoms in total. The minimum Gasteiger partial charge on any atom is -0.454 e. The van der Waals surface area contributed by atoms with E-state index in [1.807, 2.05) is 55.6 Å². The van der Waals surface area contributed by atoms with Crippen molar-refractivity contribution in [3.63, 3.8) is 0 Å². The normalized spacial score (nSPS) is 14.4. The summed E-state index contributed by atoms with van der Waals surface area (Å²) in [6.07, 6.45) is -0.481. The van der Waals surface area contributed by atoms with Crippen molar-refractivity contribution < 1.29 is 14.6 Å². The Morgan fingerprint density at radius 2 is 1.86 bits per heavy atom. The molecule has 1 aliphatic heterocycles. The molecule has 1 heterocycles. The Labute approximate surface area is 124 Å². The topological polar surface area (TPSA) is 41.9 Å². The number of rotatable bonds is 5. The smallest absolute Gasteiger partial charge is 0.231 e. The Bertz CT molecular complexity index is 600. The second kappa shape index (κ2) is 6.16. The van der Waals surface area contributed by atoms with Crippen LogP contribution in [0.25, 0.3) is 0 Å². The van der Waals surface area contributed by atoms with Crippen molar-refractivity contribution in [1.29, 1.82) is 0 Å². The predicted octanol–water partition coefficient (Wildman–Crippen LogP) is 2.58. The monoisotopic (exact) mass is 285 g/mol. The van der Waals surface area contributed by atoms with Crippen molar-refractivity contribution in [2.75, 3.05) is 20.4 Å². The maximum absolute atomic E-state index is 10.2. The van der Waals surface area contributed by atoms with Crippen LogP contribution in [-0.2, 0) is 6.54 Å². The Hall–Kier alpha value is -2.04. The largest absolute Gasteiger partial charge is 0.454 e. The number of fused-ring (bicyclic) bond motifs is 1. The molecule has 110 valence electrons. The maximum atomic E-state index is 10.2. The number of hydrogen-bond donors (Lipinski definition) is 1. The van der Waals surface area contributed by atoms with Crippen LogP contribution < -0.4 is 9.47 Å². The Kier molecular flexibility index (Phi) is 4.08. The fourth-order valence-electron chi connectivity index (χ4n) is 2.49. The first-order chi connectivity index (χ1) is 10.2. The number of ether oxygens (including phenoxy) is 2. The maximum Gasteiger partial charge on any atom is 0.231 e. The molecule has 21 heavy (non-hydrogen) atoms. The van der Waals surface area contributed by atoms with Crippen molar-refractivity contribution in [3.8, 4) is 11.5 Å². The van der Waals surface area contributed by atoms with Gasteiger partial charge < -0.3 is 14.6 Å². The van der Waals surface area contributed by atoms with Gasteiger partial charge in [0.1, 0.15) is 0 Å². The highest BCUT2D eigenvalue weighted by molar-refractivity contribution is 5.44. The minimum atomic E-state index is -0.481. The summed E-state index contributed by atoms with van der Waals surface area (Å²) in [4.78, 5) is 2.09. The standard InChI is InChI=1S/C17H19NO3/c1-18(11-15(19)14-5-3-2-4-6-14)10-13-7-8-16-17(9-13)21-12-20-16/h2-9,15,19H,10-12H2,1H3. The average Bonchev–Trinajstić information content (AvgIpc) is 2.95. The predicted molar refractivity (Wildman–Crippen MR) is 80.3 cm³/mol. The van der Waals surface area contributed by atoms with Crippen LogP contribution >= 0.6 is 0 Å². The first kappa shape index (κ1) is 13.9. The molecule has 0 radical (unpaired) electrons. The number of aliphatic hydroxyl groups excluding tert-OH is 1. The molecule has 0 bridgehead atoms. The Morgan fingerprint density at radius 3 is 2.67 bits per heavy atom. The summed E-state index contributed by atoms with van der Waals surface area (Å²) in [6, 6.07) is 15.7. The lowest BCUT2D eigenvalue weighted by Crippen LogP contribution is -2.24. The van der Waals surface area contributed by atoms with Gasteiger partial charge in [-0.2, -0.15) is 0 Å². The summed E-state index contributed by atoms with van der Waals surface area (Å²) in [7, 11) is 2.00. The van der Waals surface area contributed by atoms with E-state index in [0.29, 0.717) is 13.3 Å². The molecule has 2 aromatic rings. The Morgan fingerprint density at radius 1 is 1.10 bits per heavy atom. The number of hydrogen-bond acceptors (Lipinski definition) is 4. The molecule has 4 heteroatoms. The zero-order chi connectivity index (χ0) is 14.7. The molecular formula is C17H19NO3. The molecule has 0 aliphatic carbocycles. The van der Waals surface area contributed by atoms with E-state index in [9.17, 15) is 5.11 Å². The van der Waals surface area contributed by atoms with E-state index < -0.39 is 6.10 Å². The van der Waals surface area contributed by atoms with E-state index in [4.69, 9.17) is 9.47 Å².